The standard InChI is InChI=1S/C21H21BrN4O2/c1-14-23-19(26-25-14)15-3-2-4-18(13-15)24-20(27)21(9-11-28-12-10-21)16-5-7-17(22)8-6-16/h2-8,13H,9-12H2,1H3,(H,24,27)(H,23,25,26). The van der Waals surface area contributed by atoms with E-state index in [2.05, 4.69) is 36.4 Å². The highest BCUT2D eigenvalue weighted by Crippen LogP contribution is 2.37. The van der Waals surface area contributed by atoms with Gasteiger partial charge in [-0.1, -0.05) is 40.2 Å². The Hall–Kier alpha value is -2.51. The number of H-pyrrole nitrogens is 1. The molecule has 0 aliphatic carbocycles. The number of aromatic nitrogens is 3. The van der Waals surface area contributed by atoms with Gasteiger partial charge in [-0.2, -0.15) is 5.10 Å². The van der Waals surface area contributed by atoms with E-state index in [0.29, 0.717) is 31.9 Å². The highest BCUT2D eigenvalue weighted by atomic mass is 79.9. The van der Waals surface area contributed by atoms with Crippen molar-refractivity contribution >= 4 is 27.5 Å². The van der Waals surface area contributed by atoms with Gasteiger partial charge in [0.25, 0.3) is 0 Å². The molecule has 0 bridgehead atoms. The lowest BCUT2D eigenvalue weighted by Crippen LogP contribution is -2.44. The van der Waals surface area contributed by atoms with Crippen molar-refractivity contribution in [2.75, 3.05) is 18.5 Å². The fraction of sp³-hybridized carbons (Fsp3) is 0.286. The zero-order valence-corrected chi connectivity index (χ0v) is 17.1. The fourth-order valence-electron chi connectivity index (χ4n) is 3.59. The summed E-state index contributed by atoms with van der Waals surface area (Å²) < 4.78 is 6.53. The van der Waals surface area contributed by atoms with Gasteiger partial charge in [0.2, 0.25) is 5.91 Å². The van der Waals surface area contributed by atoms with Crippen LogP contribution < -0.4 is 5.32 Å². The fourth-order valence-corrected chi connectivity index (χ4v) is 3.86. The molecule has 2 heterocycles. The Morgan fingerprint density at radius 3 is 2.61 bits per heavy atom. The molecular formula is C21H21BrN4O2. The van der Waals surface area contributed by atoms with E-state index in [0.717, 1.165) is 27.1 Å². The summed E-state index contributed by atoms with van der Waals surface area (Å²) in [5, 5.41) is 10.2. The molecule has 3 aromatic rings. The van der Waals surface area contributed by atoms with Gasteiger partial charge >= 0.3 is 0 Å². The topological polar surface area (TPSA) is 79.9 Å². The van der Waals surface area contributed by atoms with E-state index in [1.165, 1.54) is 0 Å². The lowest BCUT2D eigenvalue weighted by Gasteiger charge is -2.36. The predicted molar refractivity (Wildman–Crippen MR) is 111 cm³/mol. The first-order valence-electron chi connectivity index (χ1n) is 9.21. The Labute approximate surface area is 171 Å². The monoisotopic (exact) mass is 440 g/mol. The number of carbonyl (C=O) groups excluding carboxylic acids is 1. The number of anilines is 1. The number of aryl methyl sites for hydroxylation is 1. The second kappa shape index (κ2) is 7.85. The van der Waals surface area contributed by atoms with Crippen LogP contribution in [0.15, 0.2) is 53.0 Å². The quantitative estimate of drug-likeness (QED) is 0.635. The predicted octanol–water partition coefficient (Wildman–Crippen LogP) is 4.23. The molecule has 0 unspecified atom stereocenters. The molecule has 0 radical (unpaired) electrons. The van der Waals surface area contributed by atoms with Crippen molar-refractivity contribution in [2.24, 2.45) is 0 Å². The average molecular weight is 441 g/mol. The van der Waals surface area contributed by atoms with Crippen molar-refractivity contribution in [3.8, 4) is 11.4 Å². The molecule has 1 amide bonds. The molecule has 7 heteroatoms. The normalized spacial score (nSPS) is 15.9. The number of hydrogen-bond donors (Lipinski definition) is 2. The van der Waals surface area contributed by atoms with E-state index in [1.54, 1.807) is 0 Å². The van der Waals surface area contributed by atoms with Gasteiger partial charge in [0.1, 0.15) is 5.82 Å². The molecule has 2 N–H and O–H groups in total. The number of halogens is 1. The van der Waals surface area contributed by atoms with Crippen LogP contribution >= 0.6 is 15.9 Å². The largest absolute Gasteiger partial charge is 0.381 e. The Morgan fingerprint density at radius 2 is 1.93 bits per heavy atom. The van der Waals surface area contributed by atoms with Crippen molar-refractivity contribution in [3.63, 3.8) is 0 Å². The number of rotatable bonds is 4. The number of carbonyl (C=O) groups is 1. The minimum absolute atomic E-state index is 0.0126. The Balaban J connectivity index is 1.62. The third-order valence-corrected chi connectivity index (χ3v) is 5.68. The van der Waals surface area contributed by atoms with Crippen LogP contribution in [0.2, 0.25) is 0 Å². The lowest BCUT2D eigenvalue weighted by atomic mass is 9.73. The SMILES string of the molecule is Cc1nc(-c2cccc(NC(=O)C3(c4ccc(Br)cc4)CCOCC3)c2)n[nH]1. The number of benzene rings is 2. The minimum Gasteiger partial charge on any atom is -0.381 e. The molecule has 0 spiro atoms. The van der Waals surface area contributed by atoms with E-state index in [9.17, 15) is 4.79 Å². The van der Waals surface area contributed by atoms with Gasteiger partial charge in [0.05, 0.1) is 5.41 Å². The first-order valence-corrected chi connectivity index (χ1v) is 10.0. The van der Waals surface area contributed by atoms with Crippen LogP contribution in [0.3, 0.4) is 0 Å². The molecule has 0 atom stereocenters. The summed E-state index contributed by atoms with van der Waals surface area (Å²) in [6, 6.07) is 15.6. The Bertz CT molecular complexity index is 978. The molecule has 1 saturated heterocycles. The maximum atomic E-state index is 13.4. The molecule has 1 aromatic heterocycles. The van der Waals surface area contributed by atoms with Crippen molar-refractivity contribution < 1.29 is 9.53 Å². The molecule has 2 aromatic carbocycles. The number of nitrogens with zero attached hydrogens (tertiary/aromatic N) is 2. The van der Waals surface area contributed by atoms with Gasteiger partial charge in [-0.3, -0.25) is 9.89 Å². The van der Waals surface area contributed by atoms with Crippen LogP contribution in [0.25, 0.3) is 11.4 Å². The Morgan fingerprint density at radius 1 is 1.18 bits per heavy atom. The van der Waals surface area contributed by atoms with Gasteiger partial charge in [-0.25, -0.2) is 4.98 Å². The Kier molecular flexibility index (Phi) is 5.28. The first kappa shape index (κ1) is 18.8. The second-order valence-corrected chi connectivity index (χ2v) is 7.90. The number of hydrogen-bond acceptors (Lipinski definition) is 4. The summed E-state index contributed by atoms with van der Waals surface area (Å²) >= 11 is 3.47. The second-order valence-electron chi connectivity index (χ2n) is 6.98. The maximum Gasteiger partial charge on any atom is 0.235 e. The summed E-state index contributed by atoms with van der Waals surface area (Å²) in [6.45, 7) is 3.00. The van der Waals surface area contributed by atoms with Crippen LogP contribution in [-0.2, 0) is 14.9 Å². The maximum absolute atomic E-state index is 13.4. The molecule has 1 aliphatic rings. The van der Waals surface area contributed by atoms with Gasteiger partial charge in [-0.05, 0) is 49.6 Å². The highest BCUT2D eigenvalue weighted by molar-refractivity contribution is 9.10. The van der Waals surface area contributed by atoms with Crippen LogP contribution in [0, 0.1) is 6.92 Å². The van der Waals surface area contributed by atoms with Crippen LogP contribution in [0.4, 0.5) is 5.69 Å². The first-order chi connectivity index (χ1) is 13.6. The summed E-state index contributed by atoms with van der Waals surface area (Å²) in [5.41, 5.74) is 1.99. The van der Waals surface area contributed by atoms with Crippen LogP contribution in [0.1, 0.15) is 24.2 Å². The van der Waals surface area contributed by atoms with E-state index >= 15 is 0 Å². The van der Waals surface area contributed by atoms with Crippen molar-refractivity contribution in [2.45, 2.75) is 25.2 Å². The highest BCUT2D eigenvalue weighted by Gasteiger charge is 2.41. The van der Waals surface area contributed by atoms with Crippen molar-refractivity contribution in [3.05, 3.63) is 64.4 Å². The van der Waals surface area contributed by atoms with Gasteiger partial charge < -0.3 is 10.1 Å². The summed E-state index contributed by atoms with van der Waals surface area (Å²) in [6.07, 6.45) is 1.31. The molecule has 144 valence electrons. The molecule has 1 aliphatic heterocycles. The average Bonchev–Trinajstić information content (AvgIpc) is 3.15. The molecule has 4 rings (SSSR count). The van der Waals surface area contributed by atoms with Crippen LogP contribution in [0.5, 0.6) is 0 Å². The van der Waals surface area contributed by atoms with E-state index in [-0.39, 0.29) is 5.91 Å². The van der Waals surface area contributed by atoms with Gasteiger partial charge in [0.15, 0.2) is 5.82 Å². The number of ether oxygens (including phenoxy) is 1. The summed E-state index contributed by atoms with van der Waals surface area (Å²) in [7, 11) is 0. The third kappa shape index (κ3) is 3.72. The molecule has 28 heavy (non-hydrogen) atoms. The molecule has 6 nitrogen and oxygen atoms in total. The zero-order chi connectivity index (χ0) is 19.6. The number of aromatic amines is 1. The molecule has 1 fully saturated rings. The molecular weight excluding hydrogens is 420 g/mol. The van der Waals surface area contributed by atoms with E-state index in [4.69, 9.17) is 4.74 Å². The number of amides is 1. The van der Waals surface area contributed by atoms with Crippen molar-refractivity contribution in [1.29, 1.82) is 0 Å². The van der Waals surface area contributed by atoms with Crippen molar-refractivity contribution in [1.82, 2.24) is 15.2 Å². The summed E-state index contributed by atoms with van der Waals surface area (Å²) in [5.74, 6) is 1.35. The smallest absolute Gasteiger partial charge is 0.235 e. The third-order valence-electron chi connectivity index (χ3n) is 5.15. The number of nitrogens with one attached hydrogen (secondary N) is 2. The lowest BCUT2D eigenvalue weighted by molar-refractivity contribution is -0.125. The summed E-state index contributed by atoms with van der Waals surface area (Å²) in [4.78, 5) is 17.8. The van der Waals surface area contributed by atoms with Gasteiger partial charge in [0, 0.05) is 28.9 Å². The van der Waals surface area contributed by atoms with E-state index < -0.39 is 5.41 Å². The zero-order valence-electron chi connectivity index (χ0n) is 15.5. The minimum atomic E-state index is -0.601. The van der Waals surface area contributed by atoms with Gasteiger partial charge in [-0.15, -0.1) is 0 Å². The van der Waals surface area contributed by atoms with Crippen LogP contribution in [-0.4, -0.2) is 34.3 Å². The molecule has 0 saturated carbocycles. The van der Waals surface area contributed by atoms with E-state index in [1.807, 2.05) is 55.5 Å².